The summed E-state index contributed by atoms with van der Waals surface area (Å²) < 4.78 is 6.30. The summed E-state index contributed by atoms with van der Waals surface area (Å²) in [6.07, 6.45) is 1.64. The molecule has 0 saturated heterocycles. The number of nitrogens with two attached hydrogens (primary N) is 1. The number of hydrogen-bond donors (Lipinski definition) is 2. The molecule has 8 heteroatoms. The van der Waals surface area contributed by atoms with E-state index in [2.05, 4.69) is 20.8 Å². The molecule has 0 atom stereocenters. The van der Waals surface area contributed by atoms with Crippen LogP contribution < -0.4 is 11.1 Å². The Morgan fingerprint density at radius 1 is 1.58 bits per heavy atom. The molecule has 0 unspecified atom stereocenters. The summed E-state index contributed by atoms with van der Waals surface area (Å²) in [7, 11) is 0. The molecule has 0 aliphatic carbocycles. The van der Waals surface area contributed by atoms with Crippen molar-refractivity contribution in [1.29, 1.82) is 0 Å². The molecule has 0 spiro atoms. The van der Waals surface area contributed by atoms with Crippen LogP contribution in [-0.4, -0.2) is 26.1 Å². The summed E-state index contributed by atoms with van der Waals surface area (Å²) in [5.41, 5.74) is 6.62. The summed E-state index contributed by atoms with van der Waals surface area (Å²) in [5, 5.41) is 14.0. The molecule has 2 rings (SSSR count). The molecule has 0 bridgehead atoms. The zero-order valence-corrected chi connectivity index (χ0v) is 11.0. The van der Waals surface area contributed by atoms with E-state index in [4.69, 9.17) is 10.3 Å². The number of aromatic nitrogens is 4. The van der Waals surface area contributed by atoms with Gasteiger partial charge in [-0.1, -0.05) is 10.4 Å². The predicted molar refractivity (Wildman–Crippen MR) is 67.1 cm³/mol. The van der Waals surface area contributed by atoms with Gasteiger partial charge in [0.2, 0.25) is 11.8 Å². The maximum absolute atomic E-state index is 11.7. The Hall–Kier alpha value is -2.22. The van der Waals surface area contributed by atoms with Crippen LogP contribution in [0.3, 0.4) is 0 Å². The minimum atomic E-state index is -0.587. The van der Waals surface area contributed by atoms with E-state index >= 15 is 0 Å². The molecule has 0 fully saturated rings. The smallest absolute Gasteiger partial charge is 0.248 e. The van der Waals surface area contributed by atoms with Crippen LogP contribution in [-0.2, 0) is 16.9 Å². The number of aryl methyl sites for hydroxylation is 1. The van der Waals surface area contributed by atoms with Gasteiger partial charge in [-0.2, -0.15) is 0 Å². The van der Waals surface area contributed by atoms with E-state index in [0.717, 1.165) is 0 Å². The van der Waals surface area contributed by atoms with E-state index in [1.807, 2.05) is 13.8 Å². The fourth-order valence-electron chi connectivity index (χ4n) is 1.42. The highest BCUT2D eigenvalue weighted by Crippen LogP contribution is 2.12. The van der Waals surface area contributed by atoms with Gasteiger partial charge in [0.05, 0.1) is 17.4 Å². The molecule has 19 heavy (non-hydrogen) atoms. The number of nitrogens with zero attached hydrogens (tertiary/aromatic N) is 4. The van der Waals surface area contributed by atoms with Crippen LogP contribution in [0.5, 0.6) is 0 Å². The van der Waals surface area contributed by atoms with Crippen LogP contribution in [0.4, 0.5) is 5.88 Å². The maximum atomic E-state index is 11.7. The summed E-state index contributed by atoms with van der Waals surface area (Å²) in [6, 6.07) is 1.63. The van der Waals surface area contributed by atoms with Gasteiger partial charge in [0.25, 0.3) is 0 Å². The second-order valence-corrected chi connectivity index (χ2v) is 4.90. The Kier molecular flexibility index (Phi) is 3.34. The van der Waals surface area contributed by atoms with E-state index in [1.165, 1.54) is 4.68 Å². The third kappa shape index (κ3) is 3.38. The van der Waals surface area contributed by atoms with Crippen LogP contribution in [0.15, 0.2) is 16.8 Å². The molecule has 0 aromatic carbocycles. The van der Waals surface area contributed by atoms with Crippen molar-refractivity contribution in [3.63, 3.8) is 0 Å². The summed E-state index contributed by atoms with van der Waals surface area (Å²) >= 11 is 0. The number of anilines is 1. The first-order valence-corrected chi connectivity index (χ1v) is 5.77. The summed E-state index contributed by atoms with van der Waals surface area (Å²) in [6.45, 7) is 5.44. The highest BCUT2D eigenvalue weighted by Gasteiger charge is 2.19. The normalized spacial score (nSPS) is 11.6. The van der Waals surface area contributed by atoms with Crippen LogP contribution >= 0.6 is 0 Å². The standard InChI is InChI=1S/C11H16N6O2/c1-7-4-10(19-15-7)13-9(18)6-17-5-8(14-16-17)11(2,3)12/h4-5H,6,12H2,1-3H3,(H,13,18). The monoisotopic (exact) mass is 264 g/mol. The Labute approximate surface area is 109 Å². The molecule has 0 radical (unpaired) electrons. The van der Waals surface area contributed by atoms with Gasteiger partial charge in [0.1, 0.15) is 12.2 Å². The molecule has 0 aliphatic rings. The fraction of sp³-hybridized carbons (Fsp3) is 0.455. The van der Waals surface area contributed by atoms with E-state index in [0.29, 0.717) is 17.3 Å². The molecule has 0 aliphatic heterocycles. The van der Waals surface area contributed by atoms with Crippen molar-refractivity contribution in [1.82, 2.24) is 20.2 Å². The molecular weight excluding hydrogens is 248 g/mol. The number of amides is 1. The van der Waals surface area contributed by atoms with E-state index in [1.54, 1.807) is 19.2 Å². The molecule has 2 aromatic rings. The highest BCUT2D eigenvalue weighted by molar-refractivity contribution is 5.89. The quantitative estimate of drug-likeness (QED) is 0.827. The van der Waals surface area contributed by atoms with Crippen LogP contribution in [0.25, 0.3) is 0 Å². The van der Waals surface area contributed by atoms with Crippen molar-refractivity contribution in [3.8, 4) is 0 Å². The third-order valence-corrected chi connectivity index (χ3v) is 2.40. The van der Waals surface area contributed by atoms with Crippen LogP contribution in [0.2, 0.25) is 0 Å². The summed E-state index contributed by atoms with van der Waals surface area (Å²) in [4.78, 5) is 11.7. The molecule has 8 nitrogen and oxygen atoms in total. The lowest BCUT2D eigenvalue weighted by Crippen LogP contribution is -2.29. The predicted octanol–water partition coefficient (Wildman–Crippen LogP) is 0.407. The molecule has 102 valence electrons. The first kappa shape index (κ1) is 13.2. The number of rotatable bonds is 4. The van der Waals surface area contributed by atoms with Gasteiger partial charge in [-0.05, 0) is 20.8 Å². The third-order valence-electron chi connectivity index (χ3n) is 2.40. The summed E-state index contributed by atoms with van der Waals surface area (Å²) in [5.74, 6) is 0.0319. The van der Waals surface area contributed by atoms with Crippen molar-refractivity contribution in [2.24, 2.45) is 5.73 Å². The maximum Gasteiger partial charge on any atom is 0.248 e. The van der Waals surface area contributed by atoms with Crippen molar-refractivity contribution in [3.05, 3.63) is 23.7 Å². The van der Waals surface area contributed by atoms with E-state index in [-0.39, 0.29) is 12.5 Å². The number of carbonyl (C=O) groups excluding carboxylic acids is 1. The SMILES string of the molecule is Cc1cc(NC(=O)Cn2cc(C(C)(C)N)nn2)on1. The highest BCUT2D eigenvalue weighted by atomic mass is 16.5. The topological polar surface area (TPSA) is 112 Å². The Morgan fingerprint density at radius 3 is 2.84 bits per heavy atom. The van der Waals surface area contributed by atoms with Gasteiger partial charge in [0.15, 0.2) is 0 Å². The average Bonchev–Trinajstić information content (AvgIpc) is 2.87. The molecular formula is C11H16N6O2. The minimum Gasteiger partial charge on any atom is -0.338 e. The lowest BCUT2D eigenvalue weighted by molar-refractivity contribution is -0.117. The van der Waals surface area contributed by atoms with Gasteiger partial charge in [-0.25, -0.2) is 4.68 Å². The lowest BCUT2D eigenvalue weighted by atomic mass is 10.0. The Morgan fingerprint density at radius 2 is 2.32 bits per heavy atom. The zero-order chi connectivity index (χ0) is 14.0. The van der Waals surface area contributed by atoms with Crippen molar-refractivity contribution < 1.29 is 9.32 Å². The Balaban J connectivity index is 1.97. The van der Waals surface area contributed by atoms with Crippen molar-refractivity contribution in [2.75, 3.05) is 5.32 Å². The number of nitrogens with one attached hydrogen (secondary N) is 1. The lowest BCUT2D eigenvalue weighted by Gasteiger charge is -2.13. The number of hydrogen-bond acceptors (Lipinski definition) is 6. The Bertz CT molecular complexity index is 580. The van der Waals surface area contributed by atoms with Crippen molar-refractivity contribution >= 4 is 11.8 Å². The second-order valence-electron chi connectivity index (χ2n) is 4.90. The van der Waals surface area contributed by atoms with E-state index < -0.39 is 5.54 Å². The first-order valence-electron chi connectivity index (χ1n) is 5.77. The van der Waals surface area contributed by atoms with Gasteiger partial charge in [-0.15, -0.1) is 5.10 Å². The molecule has 2 aromatic heterocycles. The van der Waals surface area contributed by atoms with Gasteiger partial charge >= 0.3 is 0 Å². The average molecular weight is 264 g/mol. The molecule has 0 saturated carbocycles. The van der Waals surface area contributed by atoms with Gasteiger partial charge in [0, 0.05) is 6.07 Å². The van der Waals surface area contributed by atoms with E-state index in [9.17, 15) is 4.79 Å². The first-order chi connectivity index (χ1) is 8.84. The van der Waals surface area contributed by atoms with Crippen LogP contribution in [0.1, 0.15) is 25.2 Å². The minimum absolute atomic E-state index is 0.0306. The molecule has 2 heterocycles. The zero-order valence-electron chi connectivity index (χ0n) is 11.0. The van der Waals surface area contributed by atoms with Crippen molar-refractivity contribution in [2.45, 2.75) is 32.9 Å². The second kappa shape index (κ2) is 4.81. The van der Waals surface area contributed by atoms with Crippen LogP contribution in [0, 0.1) is 6.92 Å². The molecule has 1 amide bonds. The fourth-order valence-corrected chi connectivity index (χ4v) is 1.42. The van der Waals surface area contributed by atoms with Gasteiger partial charge in [-0.3, -0.25) is 10.1 Å². The number of carbonyl (C=O) groups is 1. The molecule has 3 N–H and O–H groups in total. The van der Waals surface area contributed by atoms with Gasteiger partial charge < -0.3 is 10.3 Å². The largest absolute Gasteiger partial charge is 0.338 e.